The van der Waals surface area contributed by atoms with Crippen LogP contribution in [0.1, 0.15) is 5.56 Å². The fraction of sp³-hybridized carbons (Fsp3) is 0.316. The van der Waals surface area contributed by atoms with Crippen molar-refractivity contribution in [3.63, 3.8) is 0 Å². The van der Waals surface area contributed by atoms with E-state index in [-0.39, 0.29) is 0 Å². The van der Waals surface area contributed by atoms with Gasteiger partial charge in [0.2, 0.25) is 0 Å². The molecule has 1 aromatic carbocycles. The molecule has 1 fully saturated rings. The number of hydrogen-bond acceptors (Lipinski definition) is 6. The van der Waals surface area contributed by atoms with Gasteiger partial charge in [-0.15, -0.1) is 11.3 Å². The van der Waals surface area contributed by atoms with Gasteiger partial charge < -0.3 is 14.7 Å². The molecule has 0 aliphatic carbocycles. The van der Waals surface area contributed by atoms with Crippen LogP contribution in [0.15, 0.2) is 36.0 Å². The third-order valence-electron chi connectivity index (χ3n) is 4.27. The zero-order valence-corrected chi connectivity index (χ0v) is 16.3. The molecule has 4 rings (SSSR count). The highest BCUT2D eigenvalue weighted by Crippen LogP contribution is 2.38. The minimum atomic E-state index is -5.08. The van der Waals surface area contributed by atoms with E-state index in [2.05, 4.69) is 51.4 Å². The first-order chi connectivity index (χ1) is 13.8. The van der Waals surface area contributed by atoms with Gasteiger partial charge in [0, 0.05) is 24.0 Å². The van der Waals surface area contributed by atoms with E-state index in [1.807, 2.05) is 0 Å². The molecule has 0 unspecified atom stereocenters. The second-order valence-electron chi connectivity index (χ2n) is 6.30. The van der Waals surface area contributed by atoms with Gasteiger partial charge in [-0.1, -0.05) is 29.8 Å². The Kier molecular flexibility index (Phi) is 6.33. The van der Waals surface area contributed by atoms with Gasteiger partial charge in [-0.3, -0.25) is 0 Å². The van der Waals surface area contributed by atoms with Crippen LogP contribution in [0.4, 0.5) is 19.0 Å². The number of ether oxygens (including phenoxy) is 1. The van der Waals surface area contributed by atoms with Crippen molar-refractivity contribution in [3.05, 3.63) is 41.5 Å². The number of halogens is 3. The summed E-state index contributed by atoms with van der Waals surface area (Å²) in [6, 6.07) is 8.65. The summed E-state index contributed by atoms with van der Waals surface area (Å²) >= 11 is 1.68. The lowest BCUT2D eigenvalue weighted by atomic mass is 10.0. The van der Waals surface area contributed by atoms with Crippen molar-refractivity contribution >= 4 is 33.3 Å². The zero-order chi connectivity index (χ0) is 21.0. The number of anilines is 1. The van der Waals surface area contributed by atoms with Crippen LogP contribution in [0.25, 0.3) is 21.3 Å². The summed E-state index contributed by atoms with van der Waals surface area (Å²) in [5, 5.41) is 10.5. The lowest BCUT2D eigenvalue weighted by Crippen LogP contribution is -2.36. The average molecular weight is 425 g/mol. The summed E-state index contributed by atoms with van der Waals surface area (Å²) < 4.78 is 37.2. The first kappa shape index (κ1) is 21.0. The summed E-state index contributed by atoms with van der Waals surface area (Å²) in [5.74, 6) is -1.72. The van der Waals surface area contributed by atoms with Gasteiger partial charge in [0.25, 0.3) is 0 Å². The fourth-order valence-corrected chi connectivity index (χ4v) is 3.73. The molecule has 2 aromatic heterocycles. The predicted octanol–water partition coefficient (Wildman–Crippen LogP) is 4.14. The van der Waals surface area contributed by atoms with Crippen LogP contribution >= 0.6 is 11.3 Å². The highest BCUT2D eigenvalue weighted by atomic mass is 32.1. The highest BCUT2D eigenvalue weighted by Gasteiger charge is 2.38. The molecule has 10 heteroatoms. The van der Waals surface area contributed by atoms with E-state index in [1.165, 1.54) is 22.1 Å². The Balaban J connectivity index is 0.000000298. The van der Waals surface area contributed by atoms with Crippen molar-refractivity contribution in [2.45, 2.75) is 13.1 Å². The quantitative estimate of drug-likeness (QED) is 0.665. The molecule has 0 saturated carbocycles. The molecule has 3 heterocycles. The maximum Gasteiger partial charge on any atom is 0.490 e. The molecule has 0 radical (unpaired) electrons. The standard InChI is InChI=1S/C17H17N3OS.C2HF3O2/c1-12-2-4-13(5-3-12)14-10-22-17-15(14)16(18-11-19-17)20-6-8-21-9-7-20;3-2(4,5)1(6)7/h2-5,10-11H,6-9H2,1H3;(H,6,7). The molecule has 0 bridgehead atoms. The molecule has 29 heavy (non-hydrogen) atoms. The third-order valence-corrected chi connectivity index (χ3v) is 5.15. The molecular formula is C19H18F3N3O3S. The molecule has 1 saturated heterocycles. The molecule has 1 aliphatic heterocycles. The van der Waals surface area contributed by atoms with Gasteiger partial charge in [-0.05, 0) is 12.5 Å². The number of rotatable bonds is 2. The van der Waals surface area contributed by atoms with Gasteiger partial charge in [-0.2, -0.15) is 13.2 Å². The van der Waals surface area contributed by atoms with Gasteiger partial charge in [-0.25, -0.2) is 14.8 Å². The van der Waals surface area contributed by atoms with Crippen LogP contribution < -0.4 is 4.90 Å². The number of carboxylic acid groups (broad SMARTS) is 1. The van der Waals surface area contributed by atoms with Crippen LogP contribution in [0, 0.1) is 6.92 Å². The van der Waals surface area contributed by atoms with Gasteiger partial charge in [0.1, 0.15) is 17.0 Å². The number of carboxylic acids is 1. The second kappa shape index (κ2) is 8.75. The Bertz CT molecular complexity index is 984. The molecule has 154 valence electrons. The molecule has 0 amide bonds. The van der Waals surface area contributed by atoms with E-state index in [9.17, 15) is 13.2 Å². The van der Waals surface area contributed by atoms with Crippen LogP contribution in [0.5, 0.6) is 0 Å². The van der Waals surface area contributed by atoms with Crippen molar-refractivity contribution in [3.8, 4) is 11.1 Å². The van der Waals surface area contributed by atoms with Crippen molar-refractivity contribution in [2.24, 2.45) is 0 Å². The van der Waals surface area contributed by atoms with E-state index >= 15 is 0 Å². The monoisotopic (exact) mass is 425 g/mol. The van der Waals surface area contributed by atoms with Gasteiger partial charge in [0.15, 0.2) is 0 Å². The van der Waals surface area contributed by atoms with Crippen LogP contribution in [0.3, 0.4) is 0 Å². The number of hydrogen-bond donors (Lipinski definition) is 1. The number of nitrogens with zero attached hydrogens (tertiary/aromatic N) is 3. The molecule has 3 aromatic rings. The second-order valence-corrected chi connectivity index (χ2v) is 7.15. The fourth-order valence-electron chi connectivity index (χ4n) is 2.82. The van der Waals surface area contributed by atoms with Crippen LogP contribution in [-0.4, -0.2) is 53.5 Å². The normalized spacial score (nSPS) is 14.4. The van der Waals surface area contributed by atoms with Gasteiger partial charge >= 0.3 is 12.1 Å². The Morgan fingerprint density at radius 1 is 1.17 bits per heavy atom. The maximum absolute atomic E-state index is 10.6. The Labute approximate surface area is 168 Å². The molecule has 1 aliphatic rings. The summed E-state index contributed by atoms with van der Waals surface area (Å²) in [6.45, 7) is 5.40. The largest absolute Gasteiger partial charge is 0.490 e. The zero-order valence-electron chi connectivity index (χ0n) is 15.4. The first-order valence-corrected chi connectivity index (χ1v) is 9.57. The number of carbonyl (C=O) groups is 1. The number of alkyl halides is 3. The maximum atomic E-state index is 10.6. The Morgan fingerprint density at radius 3 is 2.38 bits per heavy atom. The highest BCUT2D eigenvalue weighted by molar-refractivity contribution is 7.17. The Hall–Kier alpha value is -2.72. The number of thiophene rings is 1. The summed E-state index contributed by atoms with van der Waals surface area (Å²) in [6.07, 6.45) is -3.41. The molecular weight excluding hydrogens is 407 g/mol. The minimum absolute atomic E-state index is 0.759. The number of fused-ring (bicyclic) bond motifs is 1. The number of aryl methyl sites for hydroxylation is 1. The molecule has 6 nitrogen and oxygen atoms in total. The van der Waals surface area contributed by atoms with Crippen molar-refractivity contribution in [1.82, 2.24) is 9.97 Å². The van der Waals surface area contributed by atoms with E-state index in [0.29, 0.717) is 0 Å². The smallest absolute Gasteiger partial charge is 0.475 e. The predicted molar refractivity (Wildman–Crippen MR) is 104 cm³/mol. The summed E-state index contributed by atoms with van der Waals surface area (Å²) in [4.78, 5) is 21.3. The molecule has 1 N–H and O–H groups in total. The number of benzene rings is 1. The summed E-state index contributed by atoms with van der Waals surface area (Å²) in [7, 11) is 0. The van der Waals surface area contributed by atoms with Crippen molar-refractivity contribution in [1.29, 1.82) is 0 Å². The Morgan fingerprint density at radius 2 is 1.79 bits per heavy atom. The first-order valence-electron chi connectivity index (χ1n) is 8.69. The number of aliphatic carboxylic acids is 1. The van der Waals surface area contributed by atoms with E-state index in [0.717, 1.165) is 37.0 Å². The van der Waals surface area contributed by atoms with Crippen LogP contribution in [-0.2, 0) is 9.53 Å². The topological polar surface area (TPSA) is 75.5 Å². The summed E-state index contributed by atoms with van der Waals surface area (Å²) in [5.41, 5.74) is 3.72. The molecule has 0 atom stereocenters. The number of morpholine rings is 1. The lowest BCUT2D eigenvalue weighted by molar-refractivity contribution is -0.192. The lowest BCUT2D eigenvalue weighted by Gasteiger charge is -2.28. The average Bonchev–Trinajstić information content (AvgIpc) is 3.13. The van der Waals surface area contributed by atoms with Gasteiger partial charge in [0.05, 0.1) is 18.6 Å². The van der Waals surface area contributed by atoms with Crippen LogP contribution in [0.2, 0.25) is 0 Å². The van der Waals surface area contributed by atoms with E-state index < -0.39 is 12.1 Å². The molecule has 0 spiro atoms. The van der Waals surface area contributed by atoms with E-state index in [4.69, 9.17) is 14.6 Å². The van der Waals surface area contributed by atoms with Crippen molar-refractivity contribution < 1.29 is 27.8 Å². The van der Waals surface area contributed by atoms with E-state index in [1.54, 1.807) is 17.7 Å². The van der Waals surface area contributed by atoms with Crippen molar-refractivity contribution in [2.75, 3.05) is 31.2 Å². The third kappa shape index (κ3) is 5.01. The SMILES string of the molecule is Cc1ccc(-c2csc3ncnc(N4CCOCC4)c23)cc1.O=C(O)C(F)(F)F. The minimum Gasteiger partial charge on any atom is -0.475 e. The number of aromatic nitrogens is 2.